The molecule has 1 nitrogen and oxygen atoms in total. The molecule has 1 aliphatic carbocycles. The summed E-state index contributed by atoms with van der Waals surface area (Å²) < 4.78 is 6.06. The van der Waals surface area contributed by atoms with Crippen LogP contribution >= 0.6 is 0 Å². The van der Waals surface area contributed by atoms with Crippen molar-refractivity contribution < 1.29 is 4.43 Å². The molecular formula is C13H25OSi. The summed E-state index contributed by atoms with van der Waals surface area (Å²) in [5, 5.41) is 0.307. The van der Waals surface area contributed by atoms with E-state index in [1.807, 2.05) is 0 Å². The van der Waals surface area contributed by atoms with E-state index in [4.69, 9.17) is 4.43 Å². The van der Waals surface area contributed by atoms with Crippen LogP contribution in [0.25, 0.3) is 0 Å². The largest absolute Gasteiger partial charge is 0.416 e. The average Bonchev–Trinajstić information content (AvgIpc) is 2.83. The molecule has 0 unspecified atom stereocenters. The Labute approximate surface area is 96.0 Å². The molecule has 0 atom stereocenters. The molecule has 1 radical (unpaired) electrons. The van der Waals surface area contributed by atoms with Crippen LogP contribution in [0.3, 0.4) is 0 Å². The summed E-state index contributed by atoms with van der Waals surface area (Å²) in [4.78, 5) is 0. The molecule has 0 spiro atoms. The zero-order valence-electron chi connectivity index (χ0n) is 10.9. The third-order valence-corrected chi connectivity index (χ3v) is 8.20. The molecule has 0 aromatic heterocycles. The summed E-state index contributed by atoms with van der Waals surface area (Å²) >= 11 is 0. The van der Waals surface area contributed by atoms with Gasteiger partial charge in [0.2, 0.25) is 0 Å². The van der Waals surface area contributed by atoms with Crippen LogP contribution in [0.1, 0.15) is 33.6 Å². The van der Waals surface area contributed by atoms with Gasteiger partial charge in [0, 0.05) is 13.0 Å². The smallest absolute Gasteiger partial charge is 0.192 e. The molecule has 2 heteroatoms. The molecule has 0 N–H and O–H groups in total. The molecule has 15 heavy (non-hydrogen) atoms. The van der Waals surface area contributed by atoms with Gasteiger partial charge in [-0.15, -0.1) is 0 Å². The van der Waals surface area contributed by atoms with Crippen molar-refractivity contribution in [3.63, 3.8) is 0 Å². The number of hydrogen-bond donors (Lipinski definition) is 0. The van der Waals surface area contributed by atoms with Crippen LogP contribution in [0.4, 0.5) is 0 Å². The van der Waals surface area contributed by atoms with Gasteiger partial charge in [-0.1, -0.05) is 32.9 Å². The van der Waals surface area contributed by atoms with Crippen molar-refractivity contribution in [1.82, 2.24) is 0 Å². The fourth-order valence-electron chi connectivity index (χ4n) is 1.19. The Morgan fingerprint density at radius 1 is 1.40 bits per heavy atom. The molecule has 1 rings (SSSR count). The van der Waals surface area contributed by atoms with Crippen molar-refractivity contribution >= 4 is 8.32 Å². The molecule has 0 bridgehead atoms. The predicted octanol–water partition coefficient (Wildman–Crippen LogP) is 4.18. The van der Waals surface area contributed by atoms with Crippen molar-refractivity contribution in [3.8, 4) is 0 Å². The maximum Gasteiger partial charge on any atom is 0.192 e. The molecule has 0 saturated heterocycles. The standard InChI is InChI=1S/C13H25OSi/c1-11(12-7-8-12)9-10-14-15(5,6)13(2,3)4/h9,12H,1,7-8,10H2,2-6H3. The first kappa shape index (κ1) is 13.0. The van der Waals surface area contributed by atoms with Crippen molar-refractivity contribution in [2.24, 2.45) is 5.92 Å². The van der Waals surface area contributed by atoms with E-state index in [2.05, 4.69) is 46.9 Å². The van der Waals surface area contributed by atoms with Gasteiger partial charge in [-0.05, 0) is 36.9 Å². The highest BCUT2D eigenvalue weighted by molar-refractivity contribution is 6.74. The Bertz CT molecular complexity index is 233. The van der Waals surface area contributed by atoms with Crippen LogP contribution in [0.2, 0.25) is 18.1 Å². The summed E-state index contributed by atoms with van der Waals surface area (Å²) in [6.45, 7) is 16.2. The number of hydrogen-bond acceptors (Lipinski definition) is 1. The first-order valence-corrected chi connectivity index (χ1v) is 8.81. The summed E-state index contributed by atoms with van der Waals surface area (Å²) in [6, 6.07) is 0. The monoisotopic (exact) mass is 225 g/mol. The molecule has 0 aromatic rings. The van der Waals surface area contributed by atoms with Gasteiger partial charge in [-0.3, -0.25) is 0 Å². The second-order valence-electron chi connectivity index (χ2n) is 6.12. The lowest BCUT2D eigenvalue weighted by molar-refractivity contribution is 0.317. The SMILES string of the molecule is C=C([CH]CO[Si](C)(C)C(C)(C)C)C1CC1. The van der Waals surface area contributed by atoms with Gasteiger partial charge in [0.25, 0.3) is 0 Å². The first-order chi connectivity index (χ1) is 6.74. The summed E-state index contributed by atoms with van der Waals surface area (Å²) in [7, 11) is -1.56. The fraction of sp³-hybridized carbons (Fsp3) is 0.769. The molecule has 87 valence electrons. The lowest BCUT2D eigenvalue weighted by atomic mass is 10.1. The van der Waals surface area contributed by atoms with Crippen molar-refractivity contribution in [3.05, 3.63) is 18.6 Å². The van der Waals surface area contributed by atoms with Gasteiger partial charge in [0.1, 0.15) is 0 Å². The minimum absolute atomic E-state index is 0.307. The minimum atomic E-state index is -1.56. The van der Waals surface area contributed by atoms with Crippen LogP contribution < -0.4 is 0 Å². The zero-order valence-corrected chi connectivity index (χ0v) is 11.9. The predicted molar refractivity (Wildman–Crippen MR) is 69.3 cm³/mol. The molecular weight excluding hydrogens is 200 g/mol. The first-order valence-electron chi connectivity index (χ1n) is 5.90. The summed E-state index contributed by atoms with van der Waals surface area (Å²) in [5.74, 6) is 0.771. The molecule has 0 aliphatic heterocycles. The van der Waals surface area contributed by atoms with Crippen molar-refractivity contribution in [2.45, 2.75) is 51.7 Å². The Morgan fingerprint density at radius 2 is 1.93 bits per heavy atom. The quantitative estimate of drug-likeness (QED) is 0.638. The highest BCUT2D eigenvalue weighted by atomic mass is 28.4. The Kier molecular flexibility index (Phi) is 3.83. The second kappa shape index (κ2) is 4.42. The molecule has 1 fully saturated rings. The van der Waals surface area contributed by atoms with Gasteiger partial charge in [0.05, 0.1) is 0 Å². The van der Waals surface area contributed by atoms with E-state index in [1.165, 1.54) is 18.4 Å². The molecule has 0 aromatic carbocycles. The van der Waals surface area contributed by atoms with E-state index < -0.39 is 8.32 Å². The minimum Gasteiger partial charge on any atom is -0.416 e. The normalized spacial score (nSPS) is 17.9. The topological polar surface area (TPSA) is 9.23 Å². The Morgan fingerprint density at radius 3 is 2.33 bits per heavy atom. The van der Waals surface area contributed by atoms with Gasteiger partial charge in [0.15, 0.2) is 8.32 Å². The number of rotatable bonds is 5. The van der Waals surface area contributed by atoms with Crippen LogP contribution in [0.15, 0.2) is 12.2 Å². The van der Waals surface area contributed by atoms with Crippen LogP contribution in [0, 0.1) is 12.3 Å². The Balaban J connectivity index is 2.26. The van der Waals surface area contributed by atoms with Gasteiger partial charge < -0.3 is 4.43 Å². The van der Waals surface area contributed by atoms with Crippen molar-refractivity contribution in [1.29, 1.82) is 0 Å². The van der Waals surface area contributed by atoms with Crippen molar-refractivity contribution in [2.75, 3.05) is 6.61 Å². The maximum absolute atomic E-state index is 6.06. The van der Waals surface area contributed by atoms with Gasteiger partial charge >= 0.3 is 0 Å². The molecule has 1 saturated carbocycles. The van der Waals surface area contributed by atoms with E-state index in [1.54, 1.807) is 0 Å². The summed E-state index contributed by atoms with van der Waals surface area (Å²) in [5.41, 5.74) is 1.29. The van der Waals surface area contributed by atoms with Gasteiger partial charge in [-0.2, -0.15) is 0 Å². The maximum atomic E-state index is 6.06. The highest BCUT2D eigenvalue weighted by Gasteiger charge is 2.37. The third-order valence-electron chi connectivity index (χ3n) is 3.70. The molecule has 0 amide bonds. The van der Waals surface area contributed by atoms with Crippen LogP contribution in [-0.2, 0) is 4.43 Å². The third kappa shape index (κ3) is 3.76. The van der Waals surface area contributed by atoms with E-state index >= 15 is 0 Å². The lowest BCUT2D eigenvalue weighted by Gasteiger charge is -2.36. The average molecular weight is 225 g/mol. The second-order valence-corrected chi connectivity index (χ2v) is 10.9. The van der Waals surface area contributed by atoms with E-state index in [-0.39, 0.29) is 0 Å². The molecule has 0 heterocycles. The van der Waals surface area contributed by atoms with E-state index in [0.29, 0.717) is 5.04 Å². The Hall–Kier alpha value is -0.0831. The summed E-state index contributed by atoms with van der Waals surface area (Å²) in [6.07, 6.45) is 4.84. The van der Waals surface area contributed by atoms with E-state index in [0.717, 1.165) is 12.5 Å². The molecule has 1 aliphatic rings. The lowest BCUT2D eigenvalue weighted by Crippen LogP contribution is -2.41. The fourth-order valence-corrected chi connectivity index (χ4v) is 2.13. The van der Waals surface area contributed by atoms with Crippen LogP contribution in [-0.4, -0.2) is 14.9 Å². The zero-order chi connectivity index (χ0) is 11.7. The highest BCUT2D eigenvalue weighted by Crippen LogP contribution is 2.38. The van der Waals surface area contributed by atoms with Gasteiger partial charge in [-0.25, -0.2) is 0 Å². The van der Waals surface area contributed by atoms with Crippen LogP contribution in [0.5, 0.6) is 0 Å². The van der Waals surface area contributed by atoms with E-state index in [9.17, 15) is 0 Å².